The van der Waals surface area contributed by atoms with E-state index in [1.54, 1.807) is 6.92 Å². The highest BCUT2D eigenvalue weighted by molar-refractivity contribution is 5.86. The number of aryl methyl sites for hydroxylation is 1. The van der Waals surface area contributed by atoms with Crippen LogP contribution in [0.5, 0.6) is 0 Å². The maximum Gasteiger partial charge on any atom is 0.322 e. The van der Waals surface area contributed by atoms with E-state index in [9.17, 15) is 9.59 Å². The molecule has 0 saturated heterocycles. The molecule has 2 N–H and O–H groups in total. The van der Waals surface area contributed by atoms with Crippen LogP contribution in [0.2, 0.25) is 0 Å². The van der Waals surface area contributed by atoms with Crippen molar-refractivity contribution in [2.75, 3.05) is 6.54 Å². The normalized spacial score (nSPS) is 11.9. The second kappa shape index (κ2) is 5.30. The molecule has 0 bridgehead atoms. The molecule has 4 nitrogen and oxygen atoms in total. The predicted molar refractivity (Wildman–Crippen MR) is 60.2 cm³/mol. The molecule has 4 heteroatoms. The Morgan fingerprint density at radius 3 is 2.38 bits per heavy atom. The van der Waals surface area contributed by atoms with Gasteiger partial charge in [0.1, 0.15) is 6.54 Å². The molecule has 1 aromatic carbocycles. The molecule has 1 aromatic rings. The third kappa shape index (κ3) is 3.38. The quantitative estimate of drug-likeness (QED) is 0.805. The highest BCUT2D eigenvalue weighted by Crippen LogP contribution is 2.15. The summed E-state index contributed by atoms with van der Waals surface area (Å²) in [4.78, 5) is 21.9. The van der Waals surface area contributed by atoms with Crippen LogP contribution in [0, 0.1) is 6.92 Å². The van der Waals surface area contributed by atoms with Gasteiger partial charge in [0, 0.05) is 0 Å². The zero-order chi connectivity index (χ0) is 12.1. The Hall–Kier alpha value is -1.84. The van der Waals surface area contributed by atoms with E-state index in [0.717, 1.165) is 11.1 Å². The zero-order valence-electron chi connectivity index (χ0n) is 9.36. The van der Waals surface area contributed by atoms with Gasteiger partial charge in [-0.05, 0) is 19.4 Å². The summed E-state index contributed by atoms with van der Waals surface area (Å²) in [7, 11) is 0. The summed E-state index contributed by atoms with van der Waals surface area (Å²) in [6.07, 6.45) is 0. The van der Waals surface area contributed by atoms with Crippen LogP contribution in [0.15, 0.2) is 24.3 Å². The number of benzene rings is 1. The van der Waals surface area contributed by atoms with Gasteiger partial charge in [0.2, 0.25) is 5.91 Å². The van der Waals surface area contributed by atoms with Crippen LogP contribution in [0.1, 0.15) is 24.0 Å². The summed E-state index contributed by atoms with van der Waals surface area (Å²) < 4.78 is 0. The van der Waals surface area contributed by atoms with Gasteiger partial charge in [-0.2, -0.15) is 0 Å². The summed E-state index contributed by atoms with van der Waals surface area (Å²) in [5, 5.41) is 10.8. The molecular formula is C12H15NO3. The van der Waals surface area contributed by atoms with Crippen molar-refractivity contribution in [3.63, 3.8) is 0 Å². The van der Waals surface area contributed by atoms with Crippen molar-refractivity contribution < 1.29 is 14.7 Å². The number of carbonyl (C=O) groups excluding carboxylic acids is 1. The summed E-state index contributed by atoms with van der Waals surface area (Å²) in [6.45, 7) is 3.38. The second-order valence-electron chi connectivity index (χ2n) is 3.74. The van der Waals surface area contributed by atoms with Crippen molar-refractivity contribution in [3.05, 3.63) is 35.4 Å². The molecule has 0 aliphatic carbocycles. The fourth-order valence-corrected chi connectivity index (χ4v) is 1.32. The van der Waals surface area contributed by atoms with Crippen LogP contribution in [0.4, 0.5) is 0 Å². The minimum atomic E-state index is -1.04. The fraction of sp³-hybridized carbons (Fsp3) is 0.333. The van der Waals surface area contributed by atoms with Gasteiger partial charge >= 0.3 is 5.97 Å². The van der Waals surface area contributed by atoms with E-state index in [-0.39, 0.29) is 18.4 Å². The van der Waals surface area contributed by atoms with Gasteiger partial charge in [0.15, 0.2) is 0 Å². The topological polar surface area (TPSA) is 66.4 Å². The smallest absolute Gasteiger partial charge is 0.322 e. The Kier molecular flexibility index (Phi) is 4.05. The number of amides is 1. The van der Waals surface area contributed by atoms with Crippen LogP contribution in [0.3, 0.4) is 0 Å². The molecule has 0 aromatic heterocycles. The third-order valence-electron chi connectivity index (χ3n) is 2.38. The van der Waals surface area contributed by atoms with E-state index in [2.05, 4.69) is 5.32 Å². The van der Waals surface area contributed by atoms with Gasteiger partial charge in [-0.15, -0.1) is 0 Å². The average molecular weight is 221 g/mol. The minimum absolute atomic E-state index is 0.272. The molecule has 1 rings (SSSR count). The van der Waals surface area contributed by atoms with E-state index in [1.165, 1.54) is 0 Å². The molecular weight excluding hydrogens is 206 g/mol. The standard InChI is InChI=1S/C12H15NO3/c1-8-3-5-10(6-4-8)9(2)12(16)13-7-11(14)15/h3-6,9H,7H2,1-2H3,(H,13,16)(H,14,15). The molecule has 0 fully saturated rings. The molecule has 0 spiro atoms. The number of carbonyl (C=O) groups is 2. The number of hydrogen-bond acceptors (Lipinski definition) is 2. The predicted octanol–water partition coefficient (Wildman–Crippen LogP) is 1.30. The molecule has 1 amide bonds. The van der Waals surface area contributed by atoms with E-state index >= 15 is 0 Å². The number of nitrogens with one attached hydrogen (secondary N) is 1. The van der Waals surface area contributed by atoms with Crippen LogP contribution in [-0.2, 0) is 9.59 Å². The van der Waals surface area contributed by atoms with Crippen LogP contribution in [-0.4, -0.2) is 23.5 Å². The van der Waals surface area contributed by atoms with Gasteiger partial charge < -0.3 is 10.4 Å². The van der Waals surface area contributed by atoms with Crippen molar-refractivity contribution in [1.29, 1.82) is 0 Å². The molecule has 0 aliphatic rings. The van der Waals surface area contributed by atoms with Gasteiger partial charge in [-0.1, -0.05) is 29.8 Å². The molecule has 1 atom stereocenters. The van der Waals surface area contributed by atoms with E-state index in [1.807, 2.05) is 31.2 Å². The molecule has 16 heavy (non-hydrogen) atoms. The largest absolute Gasteiger partial charge is 0.480 e. The summed E-state index contributed by atoms with van der Waals surface area (Å²) >= 11 is 0. The molecule has 0 heterocycles. The number of hydrogen-bond donors (Lipinski definition) is 2. The Morgan fingerprint density at radius 1 is 1.31 bits per heavy atom. The second-order valence-corrected chi connectivity index (χ2v) is 3.74. The maximum absolute atomic E-state index is 11.6. The van der Waals surface area contributed by atoms with Crippen molar-refractivity contribution in [3.8, 4) is 0 Å². The van der Waals surface area contributed by atoms with E-state index < -0.39 is 5.97 Å². The first-order valence-electron chi connectivity index (χ1n) is 5.07. The monoisotopic (exact) mass is 221 g/mol. The van der Waals surface area contributed by atoms with E-state index in [0.29, 0.717) is 0 Å². The van der Waals surface area contributed by atoms with Gasteiger partial charge in [0.05, 0.1) is 5.92 Å². The SMILES string of the molecule is Cc1ccc(C(C)C(=O)NCC(=O)O)cc1. The lowest BCUT2D eigenvalue weighted by atomic mass is 9.99. The molecule has 0 aliphatic heterocycles. The summed E-state index contributed by atoms with van der Waals surface area (Å²) in [5.74, 6) is -1.64. The Balaban J connectivity index is 2.63. The minimum Gasteiger partial charge on any atom is -0.480 e. The van der Waals surface area contributed by atoms with Gasteiger partial charge in [0.25, 0.3) is 0 Å². The Labute approximate surface area is 94.3 Å². The van der Waals surface area contributed by atoms with Crippen molar-refractivity contribution in [1.82, 2.24) is 5.32 Å². The molecule has 1 unspecified atom stereocenters. The van der Waals surface area contributed by atoms with Crippen LogP contribution >= 0.6 is 0 Å². The van der Waals surface area contributed by atoms with Gasteiger partial charge in [-0.3, -0.25) is 9.59 Å². The highest BCUT2D eigenvalue weighted by atomic mass is 16.4. The zero-order valence-corrected chi connectivity index (χ0v) is 9.36. The summed E-state index contributed by atoms with van der Waals surface area (Å²) in [5.41, 5.74) is 2.01. The number of aliphatic carboxylic acids is 1. The van der Waals surface area contributed by atoms with Crippen LogP contribution in [0.25, 0.3) is 0 Å². The van der Waals surface area contributed by atoms with Crippen molar-refractivity contribution >= 4 is 11.9 Å². The number of carboxylic acid groups (broad SMARTS) is 1. The first-order chi connectivity index (χ1) is 7.50. The Bertz CT molecular complexity index is 384. The van der Waals surface area contributed by atoms with E-state index in [4.69, 9.17) is 5.11 Å². The Morgan fingerprint density at radius 2 is 1.88 bits per heavy atom. The molecule has 86 valence electrons. The van der Waals surface area contributed by atoms with Crippen LogP contribution < -0.4 is 5.32 Å². The summed E-state index contributed by atoms with van der Waals surface area (Å²) in [6, 6.07) is 7.60. The van der Waals surface area contributed by atoms with Crippen molar-refractivity contribution in [2.45, 2.75) is 19.8 Å². The maximum atomic E-state index is 11.6. The number of carboxylic acids is 1. The molecule has 0 radical (unpaired) electrons. The fourth-order valence-electron chi connectivity index (χ4n) is 1.32. The van der Waals surface area contributed by atoms with Gasteiger partial charge in [-0.25, -0.2) is 0 Å². The number of rotatable bonds is 4. The molecule has 0 saturated carbocycles. The first-order valence-corrected chi connectivity index (χ1v) is 5.07. The lowest BCUT2D eigenvalue weighted by molar-refractivity contribution is -0.138. The highest BCUT2D eigenvalue weighted by Gasteiger charge is 2.15. The lowest BCUT2D eigenvalue weighted by Gasteiger charge is -2.11. The lowest BCUT2D eigenvalue weighted by Crippen LogP contribution is -2.32. The third-order valence-corrected chi connectivity index (χ3v) is 2.38. The first kappa shape index (κ1) is 12.2. The average Bonchev–Trinajstić information content (AvgIpc) is 2.26. The van der Waals surface area contributed by atoms with Crippen molar-refractivity contribution in [2.24, 2.45) is 0 Å².